The van der Waals surface area contributed by atoms with E-state index in [9.17, 15) is 14.7 Å². The molecule has 0 amide bonds. The number of thiocarbonyl (C=S) groups is 1. The summed E-state index contributed by atoms with van der Waals surface area (Å²) in [6.45, 7) is 8.13. The van der Waals surface area contributed by atoms with Gasteiger partial charge in [-0.3, -0.25) is 19.4 Å². The van der Waals surface area contributed by atoms with Gasteiger partial charge in [0.2, 0.25) is 0 Å². The van der Waals surface area contributed by atoms with Crippen molar-refractivity contribution in [3.63, 3.8) is 0 Å². The summed E-state index contributed by atoms with van der Waals surface area (Å²) in [5, 5.41) is 15.1. The molecular formula is C23H35N5O4S. The number of aliphatic imine (C=N–C) groups is 1. The number of nitrogens with zero attached hydrogens (tertiary/aromatic N) is 4. The van der Waals surface area contributed by atoms with E-state index in [1.807, 2.05) is 17.0 Å². The Bertz CT molecular complexity index is 758. The van der Waals surface area contributed by atoms with Crippen molar-refractivity contribution in [2.24, 2.45) is 4.99 Å². The van der Waals surface area contributed by atoms with Crippen LogP contribution in [0, 0.1) is 0 Å². The second-order valence-electron chi connectivity index (χ2n) is 8.10. The summed E-state index contributed by atoms with van der Waals surface area (Å²) in [4.78, 5) is 32.4. The topological polar surface area (TPSA) is 97.7 Å². The molecule has 2 rings (SSSR count). The minimum absolute atomic E-state index is 0.0620. The number of hydrogen-bond donors (Lipinski definition) is 2. The van der Waals surface area contributed by atoms with E-state index in [2.05, 4.69) is 49.6 Å². The first-order chi connectivity index (χ1) is 16.1. The summed E-state index contributed by atoms with van der Waals surface area (Å²) in [5.41, 5.74) is 2.01. The van der Waals surface area contributed by atoms with Crippen molar-refractivity contribution in [3.8, 4) is 0 Å². The smallest absolute Gasteiger partial charge is 0.317 e. The first kappa shape index (κ1) is 27.0. The maximum Gasteiger partial charge on any atom is 0.317 e. The molecule has 1 aliphatic rings. The van der Waals surface area contributed by atoms with Gasteiger partial charge in [0.25, 0.3) is 6.47 Å². The van der Waals surface area contributed by atoms with Gasteiger partial charge in [0, 0.05) is 39.3 Å². The number of carboxylic acids is 1. The van der Waals surface area contributed by atoms with Crippen LogP contribution in [0.1, 0.15) is 18.4 Å². The van der Waals surface area contributed by atoms with Gasteiger partial charge >= 0.3 is 5.97 Å². The molecule has 0 radical (unpaired) electrons. The Morgan fingerprint density at radius 3 is 2.52 bits per heavy atom. The third kappa shape index (κ3) is 12.0. The monoisotopic (exact) mass is 477 g/mol. The van der Waals surface area contributed by atoms with E-state index in [0.717, 1.165) is 77.3 Å². The highest BCUT2D eigenvalue weighted by molar-refractivity contribution is 7.78. The highest BCUT2D eigenvalue weighted by Gasteiger charge is 2.14. The number of carbonyl (C=O) groups excluding carboxylic acids is 1. The molecule has 0 saturated carbocycles. The molecule has 0 aromatic heterocycles. The first-order valence-electron chi connectivity index (χ1n) is 11.4. The van der Waals surface area contributed by atoms with E-state index >= 15 is 0 Å². The minimum Gasteiger partial charge on any atom is -0.480 e. The second-order valence-corrected chi connectivity index (χ2v) is 8.28. The average Bonchev–Trinajstić information content (AvgIpc) is 2.80. The van der Waals surface area contributed by atoms with Crippen LogP contribution >= 0.6 is 12.2 Å². The zero-order chi connectivity index (χ0) is 23.7. The van der Waals surface area contributed by atoms with Crippen LogP contribution in [-0.2, 0) is 20.7 Å². The predicted molar refractivity (Wildman–Crippen MR) is 131 cm³/mol. The zero-order valence-corrected chi connectivity index (χ0v) is 20.0. The highest BCUT2D eigenvalue weighted by Crippen LogP contribution is 2.13. The van der Waals surface area contributed by atoms with Gasteiger partial charge in [0.15, 0.2) is 0 Å². The molecular weight excluding hydrogens is 442 g/mol. The van der Waals surface area contributed by atoms with Gasteiger partial charge in [-0.15, -0.1) is 0 Å². The molecule has 33 heavy (non-hydrogen) atoms. The lowest BCUT2D eigenvalue weighted by atomic mass is 10.1. The predicted octanol–water partition coefficient (Wildman–Crippen LogP) is 1.47. The number of ether oxygens (including phenoxy) is 1. The Labute approximate surface area is 201 Å². The van der Waals surface area contributed by atoms with Gasteiger partial charge < -0.3 is 20.1 Å². The summed E-state index contributed by atoms with van der Waals surface area (Å²) in [6.07, 6.45) is 2.71. The molecule has 0 unspecified atom stereocenters. The van der Waals surface area contributed by atoms with E-state index in [-0.39, 0.29) is 6.54 Å². The molecule has 1 aromatic carbocycles. The highest BCUT2D eigenvalue weighted by atomic mass is 32.1. The van der Waals surface area contributed by atoms with Crippen molar-refractivity contribution >= 4 is 35.5 Å². The molecule has 2 N–H and O–H groups in total. The Morgan fingerprint density at radius 1 is 1.06 bits per heavy atom. The Kier molecular flexibility index (Phi) is 13.5. The fourth-order valence-electron chi connectivity index (χ4n) is 3.84. The summed E-state index contributed by atoms with van der Waals surface area (Å²) in [6, 6.07) is 7.98. The Balaban J connectivity index is 1.99. The fourth-order valence-corrected chi connectivity index (χ4v) is 3.95. The quantitative estimate of drug-likeness (QED) is 0.311. The molecule has 1 fully saturated rings. The molecule has 9 nitrogen and oxygen atoms in total. The van der Waals surface area contributed by atoms with Gasteiger partial charge in [-0.05, 0) is 68.8 Å². The van der Waals surface area contributed by atoms with Gasteiger partial charge in [0.05, 0.1) is 17.4 Å². The van der Waals surface area contributed by atoms with Crippen molar-refractivity contribution in [1.29, 1.82) is 0 Å². The van der Waals surface area contributed by atoms with Gasteiger partial charge in [0.1, 0.15) is 6.73 Å². The number of rotatable bonds is 9. The molecule has 182 valence electrons. The zero-order valence-electron chi connectivity index (χ0n) is 19.2. The third-order valence-electron chi connectivity index (χ3n) is 5.63. The van der Waals surface area contributed by atoms with Crippen LogP contribution in [0.2, 0.25) is 0 Å². The van der Waals surface area contributed by atoms with E-state index in [1.54, 1.807) is 0 Å². The SMILES string of the molecule is O=COCN1CCCN(CCc2ccc(N=C=S)cc2)CCN(CC(=O)O)CCCNCC1. The van der Waals surface area contributed by atoms with Crippen LogP contribution < -0.4 is 5.32 Å². The standard InChI is InChI=1S/C23H35N5O4S/c29-20-32-19-28-12-2-11-26(13-7-21-3-5-22(6-4-21)25-18-33)15-16-27(17-23(30)31)10-1-8-24-9-14-28/h3-6,20,24H,1-2,7-17,19H2,(H,30,31). The van der Waals surface area contributed by atoms with Crippen molar-refractivity contribution in [2.75, 3.05) is 72.2 Å². The Hall–Kier alpha value is -2.20. The molecule has 10 heteroatoms. The molecule has 0 spiro atoms. The number of benzene rings is 1. The molecule has 0 aliphatic carbocycles. The van der Waals surface area contributed by atoms with Crippen LogP contribution in [0.15, 0.2) is 29.3 Å². The molecule has 1 aromatic rings. The number of carboxylic acid groups (broad SMARTS) is 1. The summed E-state index contributed by atoms with van der Waals surface area (Å²) < 4.78 is 4.98. The molecule has 0 atom stereocenters. The van der Waals surface area contributed by atoms with Crippen molar-refractivity contribution in [1.82, 2.24) is 20.0 Å². The number of nitrogens with one attached hydrogen (secondary N) is 1. The van der Waals surface area contributed by atoms with Crippen LogP contribution in [0.3, 0.4) is 0 Å². The third-order valence-corrected chi connectivity index (χ3v) is 5.72. The summed E-state index contributed by atoms with van der Waals surface area (Å²) >= 11 is 4.65. The van der Waals surface area contributed by atoms with E-state index in [4.69, 9.17) is 4.74 Å². The number of carbonyl (C=O) groups is 2. The molecule has 0 bridgehead atoms. The normalized spacial score (nSPS) is 18.1. The maximum atomic E-state index is 11.3. The first-order valence-corrected chi connectivity index (χ1v) is 11.8. The van der Waals surface area contributed by atoms with Gasteiger partial charge in [-0.2, -0.15) is 4.99 Å². The van der Waals surface area contributed by atoms with Gasteiger partial charge in [-0.1, -0.05) is 12.1 Å². The Morgan fingerprint density at radius 2 is 1.79 bits per heavy atom. The average molecular weight is 478 g/mol. The van der Waals surface area contributed by atoms with Crippen molar-refractivity contribution in [3.05, 3.63) is 29.8 Å². The van der Waals surface area contributed by atoms with Gasteiger partial charge in [-0.25, -0.2) is 0 Å². The lowest BCUT2D eigenvalue weighted by Crippen LogP contribution is -2.42. The van der Waals surface area contributed by atoms with E-state index < -0.39 is 5.97 Å². The minimum atomic E-state index is -0.791. The molecule has 1 aliphatic heterocycles. The number of hydrogen-bond acceptors (Lipinski definition) is 9. The summed E-state index contributed by atoms with van der Waals surface area (Å²) in [7, 11) is 0. The van der Waals surface area contributed by atoms with Crippen molar-refractivity contribution < 1.29 is 19.4 Å². The van der Waals surface area contributed by atoms with Crippen LogP contribution in [-0.4, -0.2) is 110 Å². The van der Waals surface area contributed by atoms with Crippen molar-refractivity contribution in [2.45, 2.75) is 19.3 Å². The second kappa shape index (κ2) is 16.4. The lowest BCUT2D eigenvalue weighted by molar-refractivity contribution is -0.138. The molecule has 1 saturated heterocycles. The maximum absolute atomic E-state index is 11.3. The molecule has 1 heterocycles. The summed E-state index contributed by atoms with van der Waals surface area (Å²) in [5.74, 6) is -0.791. The fraction of sp³-hybridized carbons (Fsp3) is 0.609. The lowest BCUT2D eigenvalue weighted by Gasteiger charge is -2.29. The van der Waals surface area contributed by atoms with Crippen LogP contribution in [0.4, 0.5) is 5.69 Å². The largest absolute Gasteiger partial charge is 0.480 e. The van der Waals surface area contributed by atoms with E-state index in [1.165, 1.54) is 5.56 Å². The number of aliphatic carboxylic acids is 1. The number of isothiocyanates is 1. The van der Waals surface area contributed by atoms with Crippen LogP contribution in [0.25, 0.3) is 0 Å². The van der Waals surface area contributed by atoms with E-state index in [0.29, 0.717) is 19.7 Å². The van der Waals surface area contributed by atoms with Crippen LogP contribution in [0.5, 0.6) is 0 Å².